The summed E-state index contributed by atoms with van der Waals surface area (Å²) in [5.74, 6) is 0.327. The Balaban J connectivity index is 1.41. The fourth-order valence-corrected chi connectivity index (χ4v) is 3.02. The monoisotopic (exact) mass is 346 g/mol. The van der Waals surface area contributed by atoms with Crippen LogP contribution in [0.4, 0.5) is 0 Å². The number of carbonyl (C=O) groups is 1. The average Bonchev–Trinajstić information content (AvgIpc) is 2.73. The number of fused-ring (bicyclic) bond motifs is 1. The van der Waals surface area contributed by atoms with E-state index in [-0.39, 0.29) is 12.0 Å². The predicted molar refractivity (Wildman–Crippen MR) is 96.4 cm³/mol. The maximum atomic E-state index is 12.4. The Labute approximate surface area is 151 Å². The molecule has 2 aromatic heterocycles. The summed E-state index contributed by atoms with van der Waals surface area (Å²) in [5.41, 5.74) is 3.65. The van der Waals surface area contributed by atoms with Crippen LogP contribution in [0.1, 0.15) is 27.6 Å². The number of nitrogens with one attached hydrogen (secondary N) is 1. The Morgan fingerprint density at radius 3 is 2.77 bits per heavy atom. The van der Waals surface area contributed by atoms with Gasteiger partial charge in [-0.1, -0.05) is 24.3 Å². The van der Waals surface area contributed by atoms with Gasteiger partial charge in [0.05, 0.1) is 12.2 Å². The maximum Gasteiger partial charge on any atom is 0.254 e. The van der Waals surface area contributed by atoms with E-state index in [4.69, 9.17) is 4.74 Å². The molecule has 0 spiro atoms. The number of rotatable bonds is 4. The van der Waals surface area contributed by atoms with E-state index in [0.717, 1.165) is 17.5 Å². The summed E-state index contributed by atoms with van der Waals surface area (Å²) in [6.45, 7) is 1.08. The lowest BCUT2D eigenvalue weighted by atomic mass is 9.97. The van der Waals surface area contributed by atoms with Gasteiger partial charge in [-0.2, -0.15) is 0 Å². The van der Waals surface area contributed by atoms with Crippen molar-refractivity contribution in [1.82, 2.24) is 20.3 Å². The molecule has 6 nitrogen and oxygen atoms in total. The van der Waals surface area contributed by atoms with Crippen LogP contribution in [-0.2, 0) is 11.2 Å². The van der Waals surface area contributed by atoms with Gasteiger partial charge in [-0.15, -0.1) is 0 Å². The maximum absolute atomic E-state index is 12.4. The van der Waals surface area contributed by atoms with E-state index in [2.05, 4.69) is 32.4 Å². The fraction of sp³-hybridized carbons (Fsp3) is 0.200. The molecule has 1 atom stereocenters. The molecule has 0 unspecified atom stereocenters. The first-order valence-electron chi connectivity index (χ1n) is 8.51. The molecule has 4 rings (SSSR count). The van der Waals surface area contributed by atoms with Crippen LogP contribution in [0.3, 0.4) is 0 Å². The van der Waals surface area contributed by atoms with Crippen LogP contribution < -0.4 is 5.32 Å². The molecule has 130 valence electrons. The number of hydrogen-bond donors (Lipinski definition) is 1. The number of carbonyl (C=O) groups excluding carboxylic acids is 1. The largest absolute Gasteiger partial charge is 0.371 e. The second-order valence-corrected chi connectivity index (χ2v) is 6.06. The fourth-order valence-electron chi connectivity index (χ4n) is 3.02. The van der Waals surface area contributed by atoms with Crippen molar-refractivity contribution in [2.75, 3.05) is 13.2 Å². The van der Waals surface area contributed by atoms with Crippen LogP contribution in [0, 0.1) is 0 Å². The molecular formula is C20H18N4O2. The van der Waals surface area contributed by atoms with Gasteiger partial charge >= 0.3 is 0 Å². The Bertz CT molecular complexity index is 897. The summed E-state index contributed by atoms with van der Waals surface area (Å²) in [5, 5.41) is 2.91. The zero-order chi connectivity index (χ0) is 17.8. The van der Waals surface area contributed by atoms with Gasteiger partial charge in [-0.3, -0.25) is 9.78 Å². The van der Waals surface area contributed by atoms with Crippen molar-refractivity contribution in [2.24, 2.45) is 0 Å². The number of ether oxygens (including phenoxy) is 1. The van der Waals surface area contributed by atoms with Crippen LogP contribution in [0.5, 0.6) is 0 Å². The molecule has 1 aliphatic heterocycles. The van der Waals surface area contributed by atoms with Gasteiger partial charge < -0.3 is 10.1 Å². The Hall–Kier alpha value is -3.12. The van der Waals surface area contributed by atoms with Crippen LogP contribution in [-0.4, -0.2) is 34.0 Å². The molecule has 1 N–H and O–H groups in total. The van der Waals surface area contributed by atoms with Crippen LogP contribution in [0.25, 0.3) is 11.4 Å². The van der Waals surface area contributed by atoms with Crippen LogP contribution >= 0.6 is 0 Å². The SMILES string of the molecule is O=C(NC[C@H]1OCCc2ccccc21)c1cnc(-c2cccnc2)nc1. The van der Waals surface area contributed by atoms with Gasteiger partial charge in [0.2, 0.25) is 0 Å². The third-order valence-corrected chi connectivity index (χ3v) is 4.37. The first-order chi connectivity index (χ1) is 12.8. The van der Waals surface area contributed by atoms with Crippen molar-refractivity contribution in [1.29, 1.82) is 0 Å². The number of benzene rings is 1. The molecule has 0 saturated heterocycles. The molecule has 3 aromatic rings. The molecule has 0 fully saturated rings. The lowest BCUT2D eigenvalue weighted by Crippen LogP contribution is -2.32. The second kappa shape index (κ2) is 7.41. The molecule has 0 aliphatic carbocycles. The van der Waals surface area contributed by atoms with Gasteiger partial charge in [0.15, 0.2) is 5.82 Å². The minimum absolute atomic E-state index is 0.125. The Kier molecular flexibility index (Phi) is 4.66. The summed E-state index contributed by atoms with van der Waals surface area (Å²) in [7, 11) is 0. The molecule has 0 saturated carbocycles. The lowest BCUT2D eigenvalue weighted by molar-refractivity contribution is 0.0411. The third-order valence-electron chi connectivity index (χ3n) is 4.37. The minimum atomic E-state index is -0.214. The number of amides is 1. The highest BCUT2D eigenvalue weighted by molar-refractivity contribution is 5.93. The summed E-state index contributed by atoms with van der Waals surface area (Å²) in [6.07, 6.45) is 7.22. The molecule has 1 aliphatic rings. The van der Waals surface area contributed by atoms with Gasteiger partial charge in [0.1, 0.15) is 6.10 Å². The zero-order valence-corrected chi connectivity index (χ0v) is 14.1. The lowest BCUT2D eigenvalue weighted by Gasteiger charge is -2.26. The molecule has 3 heterocycles. The quantitative estimate of drug-likeness (QED) is 0.786. The first-order valence-corrected chi connectivity index (χ1v) is 8.51. The smallest absolute Gasteiger partial charge is 0.254 e. The average molecular weight is 346 g/mol. The second-order valence-electron chi connectivity index (χ2n) is 6.06. The summed E-state index contributed by atoms with van der Waals surface area (Å²) >= 11 is 0. The highest BCUT2D eigenvalue weighted by Crippen LogP contribution is 2.26. The normalized spacial score (nSPS) is 15.9. The van der Waals surface area contributed by atoms with Crippen molar-refractivity contribution in [2.45, 2.75) is 12.5 Å². The molecule has 0 radical (unpaired) electrons. The van der Waals surface area contributed by atoms with E-state index in [1.165, 1.54) is 18.0 Å². The van der Waals surface area contributed by atoms with Crippen molar-refractivity contribution >= 4 is 5.91 Å². The van der Waals surface area contributed by atoms with E-state index in [9.17, 15) is 4.79 Å². The van der Waals surface area contributed by atoms with E-state index in [0.29, 0.717) is 24.5 Å². The Morgan fingerprint density at radius 2 is 1.96 bits per heavy atom. The first kappa shape index (κ1) is 16.4. The molecule has 6 heteroatoms. The molecule has 0 bridgehead atoms. The highest BCUT2D eigenvalue weighted by Gasteiger charge is 2.21. The standard InChI is InChI=1S/C20H18N4O2/c25-20(16-11-22-19(23-12-16)15-5-3-8-21-10-15)24-13-18-17-6-2-1-4-14(17)7-9-26-18/h1-6,8,10-12,18H,7,9,13H2,(H,24,25)/t18-/m1/s1. The minimum Gasteiger partial charge on any atom is -0.371 e. The van der Waals surface area contributed by atoms with Gasteiger partial charge in [0, 0.05) is 36.9 Å². The van der Waals surface area contributed by atoms with Crippen molar-refractivity contribution in [3.8, 4) is 11.4 Å². The van der Waals surface area contributed by atoms with E-state index in [1.54, 1.807) is 12.4 Å². The van der Waals surface area contributed by atoms with Gasteiger partial charge in [-0.25, -0.2) is 9.97 Å². The predicted octanol–water partition coefficient (Wildman–Crippen LogP) is 2.58. The van der Waals surface area contributed by atoms with Crippen molar-refractivity contribution in [3.05, 3.63) is 77.9 Å². The Morgan fingerprint density at radius 1 is 1.12 bits per heavy atom. The number of nitrogens with zero attached hydrogens (tertiary/aromatic N) is 3. The molecular weight excluding hydrogens is 328 g/mol. The van der Waals surface area contributed by atoms with E-state index in [1.807, 2.05) is 24.3 Å². The van der Waals surface area contributed by atoms with Crippen LogP contribution in [0.2, 0.25) is 0 Å². The number of pyridine rings is 1. The molecule has 1 aromatic carbocycles. The van der Waals surface area contributed by atoms with Crippen molar-refractivity contribution in [3.63, 3.8) is 0 Å². The van der Waals surface area contributed by atoms with Crippen molar-refractivity contribution < 1.29 is 9.53 Å². The van der Waals surface area contributed by atoms with E-state index >= 15 is 0 Å². The van der Waals surface area contributed by atoms with Gasteiger partial charge in [-0.05, 0) is 29.7 Å². The zero-order valence-electron chi connectivity index (χ0n) is 14.1. The summed E-state index contributed by atoms with van der Waals surface area (Å²) in [6, 6.07) is 11.9. The van der Waals surface area contributed by atoms with E-state index < -0.39 is 0 Å². The number of hydrogen-bond acceptors (Lipinski definition) is 5. The van der Waals surface area contributed by atoms with Gasteiger partial charge in [0.25, 0.3) is 5.91 Å². The topological polar surface area (TPSA) is 77.0 Å². The highest BCUT2D eigenvalue weighted by atomic mass is 16.5. The third kappa shape index (κ3) is 3.45. The summed E-state index contributed by atoms with van der Waals surface area (Å²) < 4.78 is 5.81. The molecule has 26 heavy (non-hydrogen) atoms. The van der Waals surface area contributed by atoms with Crippen LogP contribution in [0.15, 0.2) is 61.2 Å². The number of aromatic nitrogens is 3. The summed E-state index contributed by atoms with van der Waals surface area (Å²) in [4.78, 5) is 24.9. The molecule has 1 amide bonds.